The molecule has 0 saturated carbocycles. The van der Waals surface area contributed by atoms with Crippen molar-refractivity contribution in [3.05, 3.63) is 39.7 Å². The Morgan fingerprint density at radius 2 is 2.35 bits per heavy atom. The third-order valence-electron chi connectivity index (χ3n) is 2.07. The Hall–Kier alpha value is -1.39. The van der Waals surface area contributed by atoms with Crippen molar-refractivity contribution in [3.63, 3.8) is 0 Å². The lowest BCUT2D eigenvalue weighted by molar-refractivity contribution is 0.0526. The molecule has 5 heteroatoms. The Morgan fingerprint density at radius 3 is 3.06 bits per heavy atom. The summed E-state index contributed by atoms with van der Waals surface area (Å²) in [5.41, 5.74) is 1.63. The summed E-state index contributed by atoms with van der Waals surface area (Å²) in [4.78, 5) is 15.7. The summed E-state index contributed by atoms with van der Waals surface area (Å²) < 4.78 is 4.88. The van der Waals surface area contributed by atoms with Crippen LogP contribution in [0.25, 0.3) is 11.3 Å². The van der Waals surface area contributed by atoms with Gasteiger partial charge in [0.1, 0.15) is 0 Å². The lowest BCUT2D eigenvalue weighted by atomic mass is 10.2. The number of carbonyl (C=O) groups is 1. The monoisotopic (exact) mass is 267 g/mol. The van der Waals surface area contributed by atoms with Crippen LogP contribution in [-0.2, 0) is 4.74 Å². The Bertz CT molecular complexity index is 539. The molecular formula is C12H10ClNO2S. The first-order valence-corrected chi connectivity index (χ1v) is 6.35. The van der Waals surface area contributed by atoms with E-state index >= 15 is 0 Å². The molecule has 0 aliphatic heterocycles. The van der Waals surface area contributed by atoms with Crippen molar-refractivity contribution in [1.29, 1.82) is 0 Å². The fourth-order valence-electron chi connectivity index (χ4n) is 1.34. The Balaban J connectivity index is 2.27. The van der Waals surface area contributed by atoms with E-state index in [1.807, 2.05) is 23.6 Å². The first kappa shape index (κ1) is 12.1. The molecule has 0 aliphatic carbocycles. The summed E-state index contributed by atoms with van der Waals surface area (Å²) in [7, 11) is 0. The van der Waals surface area contributed by atoms with Gasteiger partial charge in [-0.15, -0.1) is 11.3 Å². The topological polar surface area (TPSA) is 39.2 Å². The standard InChI is InChI=1S/C12H10ClNO2S/c1-2-16-12(15)11-14-10(7-17-11)8-4-3-5-9(13)6-8/h3-7H,2H2,1H3. The third kappa shape index (κ3) is 2.84. The van der Waals surface area contributed by atoms with Gasteiger partial charge in [-0.25, -0.2) is 9.78 Å². The van der Waals surface area contributed by atoms with Crippen molar-refractivity contribution < 1.29 is 9.53 Å². The number of rotatable bonds is 3. The van der Waals surface area contributed by atoms with Crippen molar-refractivity contribution >= 4 is 28.9 Å². The second-order valence-electron chi connectivity index (χ2n) is 3.27. The van der Waals surface area contributed by atoms with Gasteiger partial charge >= 0.3 is 5.97 Å². The van der Waals surface area contributed by atoms with E-state index in [4.69, 9.17) is 16.3 Å². The number of nitrogens with zero attached hydrogens (tertiary/aromatic N) is 1. The number of aromatic nitrogens is 1. The number of carbonyl (C=O) groups excluding carboxylic acids is 1. The molecule has 3 nitrogen and oxygen atoms in total. The molecule has 0 saturated heterocycles. The maximum Gasteiger partial charge on any atom is 0.367 e. The molecule has 1 heterocycles. The largest absolute Gasteiger partial charge is 0.461 e. The van der Waals surface area contributed by atoms with Crippen LogP contribution in [-0.4, -0.2) is 17.6 Å². The van der Waals surface area contributed by atoms with Crippen LogP contribution in [0.15, 0.2) is 29.6 Å². The molecule has 0 bridgehead atoms. The van der Waals surface area contributed by atoms with Gasteiger partial charge < -0.3 is 4.74 Å². The summed E-state index contributed by atoms with van der Waals surface area (Å²) in [6.45, 7) is 2.12. The summed E-state index contributed by atoms with van der Waals surface area (Å²) in [6.07, 6.45) is 0. The predicted molar refractivity (Wildman–Crippen MR) is 68.5 cm³/mol. The number of esters is 1. The molecule has 17 heavy (non-hydrogen) atoms. The van der Waals surface area contributed by atoms with E-state index in [2.05, 4.69) is 4.98 Å². The van der Waals surface area contributed by atoms with Gasteiger partial charge in [0.05, 0.1) is 12.3 Å². The van der Waals surface area contributed by atoms with Crippen LogP contribution in [0.1, 0.15) is 16.7 Å². The van der Waals surface area contributed by atoms with Crippen molar-refractivity contribution in [2.45, 2.75) is 6.92 Å². The third-order valence-corrected chi connectivity index (χ3v) is 3.13. The number of hydrogen-bond donors (Lipinski definition) is 0. The summed E-state index contributed by atoms with van der Waals surface area (Å²) in [6, 6.07) is 7.35. The molecule has 0 fully saturated rings. The average molecular weight is 268 g/mol. The average Bonchev–Trinajstić information content (AvgIpc) is 2.78. The lowest BCUT2D eigenvalue weighted by Gasteiger charge is -1.97. The van der Waals surface area contributed by atoms with Gasteiger partial charge in [0, 0.05) is 16.0 Å². The van der Waals surface area contributed by atoms with Crippen molar-refractivity contribution in [1.82, 2.24) is 4.98 Å². The molecule has 2 aromatic rings. The number of benzene rings is 1. The molecular weight excluding hydrogens is 258 g/mol. The van der Waals surface area contributed by atoms with E-state index in [1.165, 1.54) is 11.3 Å². The van der Waals surface area contributed by atoms with E-state index < -0.39 is 0 Å². The molecule has 2 rings (SSSR count). The highest BCUT2D eigenvalue weighted by molar-refractivity contribution is 7.11. The van der Waals surface area contributed by atoms with Crippen molar-refractivity contribution in [2.75, 3.05) is 6.61 Å². The van der Waals surface area contributed by atoms with Crippen molar-refractivity contribution in [2.24, 2.45) is 0 Å². The molecule has 0 unspecified atom stereocenters. The Kier molecular flexibility index (Phi) is 3.76. The molecule has 0 N–H and O–H groups in total. The quantitative estimate of drug-likeness (QED) is 0.797. The highest BCUT2D eigenvalue weighted by Gasteiger charge is 2.12. The lowest BCUT2D eigenvalue weighted by Crippen LogP contribution is -2.03. The SMILES string of the molecule is CCOC(=O)c1nc(-c2cccc(Cl)c2)cs1. The van der Waals surface area contributed by atoms with Crippen LogP contribution in [0.3, 0.4) is 0 Å². The van der Waals surface area contributed by atoms with Crippen LogP contribution in [0, 0.1) is 0 Å². The van der Waals surface area contributed by atoms with Crippen LogP contribution >= 0.6 is 22.9 Å². The molecule has 0 radical (unpaired) electrons. The number of thiazole rings is 1. The van der Waals surface area contributed by atoms with E-state index in [0.717, 1.165) is 11.3 Å². The van der Waals surface area contributed by atoms with E-state index in [1.54, 1.807) is 13.0 Å². The smallest absolute Gasteiger partial charge is 0.367 e. The second kappa shape index (κ2) is 5.29. The molecule has 1 aromatic heterocycles. The second-order valence-corrected chi connectivity index (χ2v) is 4.56. The molecule has 0 spiro atoms. The minimum atomic E-state index is -0.384. The number of ether oxygens (including phenoxy) is 1. The van der Waals surface area contributed by atoms with Gasteiger partial charge in [-0.3, -0.25) is 0 Å². The van der Waals surface area contributed by atoms with E-state index in [-0.39, 0.29) is 5.97 Å². The number of hydrogen-bond acceptors (Lipinski definition) is 4. The zero-order chi connectivity index (χ0) is 12.3. The van der Waals surface area contributed by atoms with Gasteiger partial charge in [0.2, 0.25) is 5.01 Å². The van der Waals surface area contributed by atoms with Crippen LogP contribution in [0.4, 0.5) is 0 Å². The van der Waals surface area contributed by atoms with Crippen LogP contribution < -0.4 is 0 Å². The minimum absolute atomic E-state index is 0.352. The van der Waals surface area contributed by atoms with Crippen LogP contribution in [0.2, 0.25) is 5.02 Å². The zero-order valence-corrected chi connectivity index (χ0v) is 10.7. The summed E-state index contributed by atoms with van der Waals surface area (Å²) >= 11 is 7.17. The van der Waals surface area contributed by atoms with E-state index in [0.29, 0.717) is 16.6 Å². The van der Waals surface area contributed by atoms with E-state index in [9.17, 15) is 4.79 Å². The highest BCUT2D eigenvalue weighted by atomic mass is 35.5. The molecule has 88 valence electrons. The maximum atomic E-state index is 11.5. The molecule has 0 amide bonds. The molecule has 1 aromatic carbocycles. The predicted octanol–water partition coefficient (Wildman–Crippen LogP) is 3.64. The van der Waals surface area contributed by atoms with Gasteiger partial charge in [-0.05, 0) is 19.1 Å². The van der Waals surface area contributed by atoms with Gasteiger partial charge in [-0.2, -0.15) is 0 Å². The van der Waals surface area contributed by atoms with Crippen LogP contribution in [0.5, 0.6) is 0 Å². The maximum absolute atomic E-state index is 11.5. The van der Waals surface area contributed by atoms with Gasteiger partial charge in [0.15, 0.2) is 0 Å². The molecule has 0 atom stereocenters. The summed E-state index contributed by atoms with van der Waals surface area (Å²) in [5.74, 6) is -0.384. The fraction of sp³-hybridized carbons (Fsp3) is 0.167. The van der Waals surface area contributed by atoms with Gasteiger partial charge in [-0.1, -0.05) is 23.7 Å². The number of halogens is 1. The van der Waals surface area contributed by atoms with Crippen molar-refractivity contribution in [3.8, 4) is 11.3 Å². The first-order chi connectivity index (χ1) is 8.20. The minimum Gasteiger partial charge on any atom is -0.461 e. The zero-order valence-electron chi connectivity index (χ0n) is 9.14. The van der Waals surface area contributed by atoms with Gasteiger partial charge in [0.25, 0.3) is 0 Å². The normalized spacial score (nSPS) is 10.2. The molecule has 0 aliphatic rings. The Labute approximate surface area is 108 Å². The fourth-order valence-corrected chi connectivity index (χ4v) is 2.25. The first-order valence-electron chi connectivity index (χ1n) is 5.09. The highest BCUT2D eigenvalue weighted by Crippen LogP contribution is 2.24. The Morgan fingerprint density at radius 1 is 1.53 bits per heavy atom. The summed E-state index contributed by atoms with van der Waals surface area (Å²) in [5, 5.41) is 2.83.